The van der Waals surface area contributed by atoms with Gasteiger partial charge in [0, 0.05) is 15.5 Å². The minimum Gasteiger partial charge on any atom is -0.480 e. The van der Waals surface area contributed by atoms with Crippen molar-refractivity contribution in [2.75, 3.05) is 0 Å². The van der Waals surface area contributed by atoms with Gasteiger partial charge >= 0.3 is 10.8 Å². The summed E-state index contributed by atoms with van der Waals surface area (Å²) in [6, 6.07) is -1.13. The normalized spacial score (nSPS) is 39.3. The number of carbonyl (C=O) groups excluding carboxylic acids is 2. The quantitative estimate of drug-likeness (QED) is 0.719. The molecule has 2 N–H and O–H groups in total. The van der Waals surface area contributed by atoms with Crippen LogP contribution in [-0.4, -0.2) is 44.1 Å². The summed E-state index contributed by atoms with van der Waals surface area (Å²) in [4.78, 5) is 54.2. The number of aliphatic carboxylic acids is 1. The number of rotatable bonds is 2. The van der Waals surface area contributed by atoms with Crippen molar-refractivity contribution in [3.63, 3.8) is 0 Å². The monoisotopic (exact) mass is 408 g/mol. The zero-order valence-corrected chi connectivity index (χ0v) is 16.7. The van der Waals surface area contributed by atoms with Gasteiger partial charge in [-0.2, -0.15) is 0 Å². The molecule has 1 aromatic rings. The summed E-state index contributed by atoms with van der Waals surface area (Å²) < 4.78 is 0. The highest BCUT2D eigenvalue weighted by Gasteiger charge is 2.71. The maximum Gasteiger partial charge on any atom is 0.326 e. The Bertz CT molecular complexity index is 950. The summed E-state index contributed by atoms with van der Waals surface area (Å²) in [5.74, 6) is -2.33. The highest BCUT2D eigenvalue weighted by atomic mass is 32.2. The smallest absolute Gasteiger partial charge is 0.326 e. The van der Waals surface area contributed by atoms with E-state index < -0.39 is 23.8 Å². The van der Waals surface area contributed by atoms with Gasteiger partial charge in [-0.25, -0.2) is 4.79 Å². The van der Waals surface area contributed by atoms with Crippen molar-refractivity contribution < 1.29 is 19.5 Å². The van der Waals surface area contributed by atoms with E-state index in [9.17, 15) is 24.3 Å². The maximum absolute atomic E-state index is 13.0. The van der Waals surface area contributed by atoms with E-state index in [1.807, 2.05) is 0 Å². The van der Waals surface area contributed by atoms with Crippen molar-refractivity contribution >= 4 is 40.9 Å². The summed E-state index contributed by atoms with van der Waals surface area (Å²) in [5.41, 5.74) is -0.255. The second-order valence-corrected chi connectivity index (χ2v) is 10.8. The standard InChI is InChI=1S/C18H20N2O5S2/c1-5(16(23)24)20-14(21)8-6-4-7(9(8)15(20)22)11-10(6)18(2,3)12-13(26-11)19-17(25)27-12/h5-11H,4H2,1-3H3,(H,19,25)(H,23,24)/t5-,6+,7-,8-,9-,10-,11-/m1/s1. The maximum atomic E-state index is 13.0. The van der Waals surface area contributed by atoms with Crippen LogP contribution in [0.25, 0.3) is 0 Å². The fourth-order valence-electron chi connectivity index (χ4n) is 6.17. The number of carboxylic acids is 1. The molecule has 2 aliphatic carbocycles. The molecule has 3 heterocycles. The number of hydrogen-bond donors (Lipinski definition) is 2. The first-order valence-electron chi connectivity index (χ1n) is 9.14. The Labute approximate surface area is 163 Å². The molecule has 0 unspecified atom stereocenters. The first-order chi connectivity index (χ1) is 12.6. The molecule has 0 aromatic carbocycles. The third kappa shape index (κ3) is 1.99. The van der Waals surface area contributed by atoms with Crippen molar-refractivity contribution in [3.8, 4) is 0 Å². The van der Waals surface area contributed by atoms with Crippen LogP contribution in [0, 0.1) is 29.6 Å². The predicted octanol–water partition coefficient (Wildman–Crippen LogP) is 1.53. The summed E-state index contributed by atoms with van der Waals surface area (Å²) >= 11 is 2.88. The number of imide groups is 1. The Morgan fingerprint density at radius 3 is 2.48 bits per heavy atom. The zero-order chi connectivity index (χ0) is 19.4. The van der Waals surface area contributed by atoms with Gasteiger partial charge in [-0.05, 0) is 31.1 Å². The molecular weight excluding hydrogens is 388 g/mol. The summed E-state index contributed by atoms with van der Waals surface area (Å²) in [6.45, 7) is 5.65. The Balaban J connectivity index is 1.57. The number of hydrogen-bond acceptors (Lipinski definition) is 6. The van der Waals surface area contributed by atoms with Crippen molar-refractivity contribution in [1.29, 1.82) is 0 Å². The minimum atomic E-state index is -1.16. The Morgan fingerprint density at radius 1 is 1.22 bits per heavy atom. The molecule has 2 aliphatic heterocycles. The van der Waals surface area contributed by atoms with Crippen LogP contribution in [0.15, 0.2) is 9.82 Å². The molecule has 4 aliphatic rings. The number of thiazole rings is 1. The average molecular weight is 409 g/mol. The molecular formula is C18H20N2O5S2. The number of likely N-dealkylation sites (tertiary alicyclic amines) is 1. The number of H-pyrrole nitrogens is 1. The van der Waals surface area contributed by atoms with Crippen LogP contribution in [0.3, 0.4) is 0 Å². The number of thioether (sulfide) groups is 1. The van der Waals surface area contributed by atoms with Crippen LogP contribution in [0.1, 0.15) is 32.1 Å². The number of aromatic nitrogens is 1. The number of aromatic amines is 1. The third-order valence-corrected chi connectivity index (χ3v) is 9.98. The number of carbonyl (C=O) groups is 3. The SMILES string of the molecule is C[C@H](C(=O)O)N1C(=O)[C@@H]2[C@H]3C[C@@H]([C@H]2C1=O)[C@@H]1[C@@H]3Sc2[nH]c(=O)sc2C1(C)C. The second-order valence-electron chi connectivity index (χ2n) is 8.68. The molecule has 5 rings (SSSR count). The van der Waals surface area contributed by atoms with Crippen molar-refractivity contribution in [2.45, 2.75) is 48.9 Å². The lowest BCUT2D eigenvalue weighted by Gasteiger charge is -2.47. The van der Waals surface area contributed by atoms with Gasteiger partial charge in [-0.15, -0.1) is 11.8 Å². The van der Waals surface area contributed by atoms with Crippen LogP contribution in [0.5, 0.6) is 0 Å². The molecule has 144 valence electrons. The number of nitrogens with zero attached hydrogens (tertiary/aromatic N) is 1. The van der Waals surface area contributed by atoms with Gasteiger partial charge in [0.2, 0.25) is 11.8 Å². The van der Waals surface area contributed by atoms with Crippen LogP contribution in [-0.2, 0) is 19.8 Å². The fraction of sp³-hybridized carbons (Fsp3) is 0.667. The first-order valence-corrected chi connectivity index (χ1v) is 10.8. The minimum absolute atomic E-state index is 0.0493. The molecule has 1 aromatic heterocycles. The Morgan fingerprint density at radius 2 is 1.85 bits per heavy atom. The van der Waals surface area contributed by atoms with Gasteiger partial charge < -0.3 is 10.1 Å². The predicted molar refractivity (Wildman–Crippen MR) is 98.6 cm³/mol. The van der Waals surface area contributed by atoms with Gasteiger partial charge in [0.1, 0.15) is 6.04 Å². The molecule has 2 bridgehead atoms. The topological polar surface area (TPSA) is 108 Å². The molecule has 2 amide bonds. The lowest BCUT2D eigenvalue weighted by molar-refractivity contribution is -0.154. The summed E-state index contributed by atoms with van der Waals surface area (Å²) in [6.07, 6.45) is 0.826. The highest BCUT2D eigenvalue weighted by Crippen LogP contribution is 2.68. The number of amides is 2. The van der Waals surface area contributed by atoms with Crippen molar-refractivity contribution in [3.05, 3.63) is 14.5 Å². The molecule has 0 radical (unpaired) electrons. The van der Waals surface area contributed by atoms with E-state index >= 15 is 0 Å². The van der Waals surface area contributed by atoms with Crippen molar-refractivity contribution in [1.82, 2.24) is 9.88 Å². The number of fused-ring (bicyclic) bond motifs is 9. The Kier molecular flexibility index (Phi) is 3.40. The van der Waals surface area contributed by atoms with Gasteiger partial charge in [0.25, 0.3) is 0 Å². The van der Waals surface area contributed by atoms with Crippen LogP contribution in [0.2, 0.25) is 0 Å². The van der Waals surface area contributed by atoms with Crippen LogP contribution < -0.4 is 4.87 Å². The first kappa shape index (κ1) is 17.5. The van der Waals surface area contributed by atoms with Crippen LogP contribution >= 0.6 is 23.1 Å². The largest absolute Gasteiger partial charge is 0.480 e. The molecule has 3 fully saturated rings. The van der Waals surface area contributed by atoms with Gasteiger partial charge in [-0.3, -0.25) is 19.3 Å². The number of carboxylic acid groups (broad SMARTS) is 1. The van der Waals surface area contributed by atoms with E-state index in [-0.39, 0.29) is 45.1 Å². The van der Waals surface area contributed by atoms with E-state index in [4.69, 9.17) is 0 Å². The van der Waals surface area contributed by atoms with E-state index in [0.29, 0.717) is 0 Å². The molecule has 0 spiro atoms. The van der Waals surface area contributed by atoms with Gasteiger partial charge in [-0.1, -0.05) is 25.2 Å². The van der Waals surface area contributed by atoms with Gasteiger partial charge in [0.05, 0.1) is 16.9 Å². The van der Waals surface area contributed by atoms with Crippen molar-refractivity contribution in [2.24, 2.45) is 29.6 Å². The molecule has 2 saturated carbocycles. The lowest BCUT2D eigenvalue weighted by atomic mass is 9.64. The van der Waals surface area contributed by atoms with E-state index in [1.54, 1.807) is 11.8 Å². The van der Waals surface area contributed by atoms with E-state index in [2.05, 4.69) is 18.8 Å². The fourth-order valence-corrected chi connectivity index (χ4v) is 9.32. The second kappa shape index (κ2) is 5.26. The van der Waals surface area contributed by atoms with Gasteiger partial charge in [0.15, 0.2) is 0 Å². The molecule has 1 saturated heterocycles. The molecule has 27 heavy (non-hydrogen) atoms. The Hall–Kier alpha value is -1.61. The molecule has 7 atom stereocenters. The van der Waals surface area contributed by atoms with E-state index in [0.717, 1.165) is 21.2 Å². The zero-order valence-electron chi connectivity index (χ0n) is 15.1. The van der Waals surface area contributed by atoms with E-state index in [1.165, 1.54) is 18.3 Å². The average Bonchev–Trinajstić information content (AvgIpc) is 3.29. The molecule has 7 nitrogen and oxygen atoms in total. The third-order valence-electron chi connectivity index (χ3n) is 7.17. The summed E-state index contributed by atoms with van der Waals surface area (Å²) in [5, 5.41) is 10.4. The number of nitrogens with one attached hydrogen (secondary N) is 1. The highest BCUT2D eigenvalue weighted by molar-refractivity contribution is 8.00. The van der Waals surface area contributed by atoms with Crippen LogP contribution in [0.4, 0.5) is 0 Å². The summed E-state index contributed by atoms with van der Waals surface area (Å²) in [7, 11) is 0. The lowest BCUT2D eigenvalue weighted by Crippen LogP contribution is -2.48. The molecule has 9 heteroatoms.